The first kappa shape index (κ1) is 15.3. The predicted octanol–water partition coefficient (Wildman–Crippen LogP) is 3.25. The fourth-order valence-corrected chi connectivity index (χ4v) is 2.76. The second-order valence-electron chi connectivity index (χ2n) is 5.04. The van der Waals surface area contributed by atoms with Gasteiger partial charge >= 0.3 is 5.97 Å². The van der Waals surface area contributed by atoms with Crippen LogP contribution in [0.4, 0.5) is 4.39 Å². The first-order valence-corrected chi connectivity index (χ1v) is 7.31. The van der Waals surface area contributed by atoms with E-state index in [0.717, 1.165) is 19.4 Å². The van der Waals surface area contributed by atoms with Gasteiger partial charge in [-0.15, -0.1) is 0 Å². The van der Waals surface area contributed by atoms with Gasteiger partial charge in [-0.05, 0) is 32.4 Å². The van der Waals surface area contributed by atoms with E-state index in [1.54, 1.807) is 19.1 Å². The maximum atomic E-state index is 13.9. The number of carbonyl (C=O) groups excluding carboxylic acids is 1. The van der Waals surface area contributed by atoms with Crippen molar-refractivity contribution in [1.29, 1.82) is 0 Å². The van der Waals surface area contributed by atoms with Gasteiger partial charge in [-0.3, -0.25) is 9.69 Å². The fraction of sp³-hybridized carbons (Fsp3) is 0.533. The number of halogens is 2. The van der Waals surface area contributed by atoms with Crippen molar-refractivity contribution in [2.45, 2.75) is 26.3 Å². The molecule has 0 radical (unpaired) electrons. The van der Waals surface area contributed by atoms with Crippen molar-refractivity contribution in [2.24, 2.45) is 5.92 Å². The Kier molecular flexibility index (Phi) is 5.38. The van der Waals surface area contributed by atoms with Crippen LogP contribution >= 0.6 is 11.6 Å². The number of rotatable bonds is 4. The molecular weight excluding hydrogens is 281 g/mol. The van der Waals surface area contributed by atoms with Gasteiger partial charge in [-0.2, -0.15) is 0 Å². The van der Waals surface area contributed by atoms with E-state index >= 15 is 0 Å². The van der Waals surface area contributed by atoms with Crippen molar-refractivity contribution in [1.82, 2.24) is 4.90 Å². The summed E-state index contributed by atoms with van der Waals surface area (Å²) in [6.07, 6.45) is 1.76. The topological polar surface area (TPSA) is 29.5 Å². The van der Waals surface area contributed by atoms with Crippen LogP contribution < -0.4 is 0 Å². The molecule has 1 aliphatic rings. The first-order chi connectivity index (χ1) is 9.61. The molecule has 0 bridgehead atoms. The quantitative estimate of drug-likeness (QED) is 0.799. The number of hydrogen-bond acceptors (Lipinski definition) is 3. The van der Waals surface area contributed by atoms with Crippen LogP contribution in [0.25, 0.3) is 0 Å². The minimum Gasteiger partial charge on any atom is -0.466 e. The highest BCUT2D eigenvalue weighted by molar-refractivity contribution is 6.30. The third kappa shape index (κ3) is 3.70. The molecule has 5 heteroatoms. The predicted molar refractivity (Wildman–Crippen MR) is 76.0 cm³/mol. The van der Waals surface area contributed by atoms with Gasteiger partial charge in [0.15, 0.2) is 0 Å². The van der Waals surface area contributed by atoms with Gasteiger partial charge in [0.05, 0.1) is 17.5 Å². The number of nitrogens with zero attached hydrogens (tertiary/aromatic N) is 1. The normalized spacial score (nSPS) is 19.9. The molecule has 1 aromatic carbocycles. The van der Waals surface area contributed by atoms with E-state index < -0.39 is 0 Å². The van der Waals surface area contributed by atoms with Gasteiger partial charge in [-0.25, -0.2) is 4.39 Å². The van der Waals surface area contributed by atoms with E-state index in [4.69, 9.17) is 16.3 Å². The van der Waals surface area contributed by atoms with E-state index in [9.17, 15) is 9.18 Å². The zero-order valence-electron chi connectivity index (χ0n) is 11.6. The van der Waals surface area contributed by atoms with E-state index in [2.05, 4.69) is 4.90 Å². The number of ether oxygens (including phenoxy) is 1. The van der Waals surface area contributed by atoms with Crippen molar-refractivity contribution in [3.8, 4) is 0 Å². The molecule has 0 aliphatic carbocycles. The van der Waals surface area contributed by atoms with E-state index in [1.165, 1.54) is 6.07 Å². The van der Waals surface area contributed by atoms with Gasteiger partial charge in [0.1, 0.15) is 5.82 Å². The summed E-state index contributed by atoms with van der Waals surface area (Å²) in [6.45, 7) is 4.16. The molecular formula is C15H19ClFNO2. The summed E-state index contributed by atoms with van der Waals surface area (Å²) in [7, 11) is 0. The summed E-state index contributed by atoms with van der Waals surface area (Å²) in [5, 5.41) is 0.140. The number of carbonyl (C=O) groups is 1. The van der Waals surface area contributed by atoms with Crippen molar-refractivity contribution in [2.75, 3.05) is 19.7 Å². The van der Waals surface area contributed by atoms with Gasteiger partial charge < -0.3 is 4.74 Å². The third-order valence-corrected chi connectivity index (χ3v) is 3.84. The summed E-state index contributed by atoms with van der Waals surface area (Å²) in [5.41, 5.74) is 0.571. The van der Waals surface area contributed by atoms with Gasteiger partial charge in [0, 0.05) is 18.7 Å². The maximum absolute atomic E-state index is 13.9. The number of esters is 1. The molecule has 1 aliphatic heterocycles. The lowest BCUT2D eigenvalue weighted by Gasteiger charge is -2.31. The number of benzene rings is 1. The summed E-state index contributed by atoms with van der Waals surface area (Å²) in [6, 6.07) is 5.01. The van der Waals surface area contributed by atoms with Crippen LogP contribution in [0.2, 0.25) is 5.02 Å². The minimum absolute atomic E-state index is 0.106. The van der Waals surface area contributed by atoms with Gasteiger partial charge in [0.2, 0.25) is 0 Å². The maximum Gasteiger partial charge on any atom is 0.310 e. The molecule has 0 unspecified atom stereocenters. The molecule has 0 aromatic heterocycles. The van der Waals surface area contributed by atoms with Gasteiger partial charge in [0.25, 0.3) is 0 Å². The Labute approximate surface area is 123 Å². The molecule has 1 aromatic rings. The molecule has 1 atom stereocenters. The Morgan fingerprint density at radius 1 is 1.55 bits per heavy atom. The zero-order chi connectivity index (χ0) is 14.5. The first-order valence-electron chi connectivity index (χ1n) is 6.93. The molecule has 3 nitrogen and oxygen atoms in total. The summed E-state index contributed by atoms with van der Waals surface area (Å²) in [5.74, 6) is -0.623. The van der Waals surface area contributed by atoms with Crippen LogP contribution in [0, 0.1) is 11.7 Å². The molecule has 0 spiro atoms. The van der Waals surface area contributed by atoms with Crippen molar-refractivity contribution < 1.29 is 13.9 Å². The molecule has 0 N–H and O–H groups in total. The Morgan fingerprint density at radius 3 is 3.10 bits per heavy atom. The van der Waals surface area contributed by atoms with Crippen LogP contribution in [-0.2, 0) is 16.1 Å². The Bertz CT molecular complexity index is 481. The molecule has 20 heavy (non-hydrogen) atoms. The lowest BCUT2D eigenvalue weighted by Crippen LogP contribution is -2.39. The van der Waals surface area contributed by atoms with Crippen LogP contribution in [-0.4, -0.2) is 30.6 Å². The number of hydrogen-bond donors (Lipinski definition) is 0. The Morgan fingerprint density at radius 2 is 2.35 bits per heavy atom. The summed E-state index contributed by atoms with van der Waals surface area (Å²) >= 11 is 5.78. The highest BCUT2D eigenvalue weighted by Gasteiger charge is 2.27. The third-order valence-electron chi connectivity index (χ3n) is 3.55. The smallest absolute Gasteiger partial charge is 0.310 e. The van der Waals surface area contributed by atoms with Crippen molar-refractivity contribution in [3.63, 3.8) is 0 Å². The van der Waals surface area contributed by atoms with Crippen LogP contribution in [0.3, 0.4) is 0 Å². The SMILES string of the molecule is CCOC(=O)[C@@H]1CCCN(Cc2cccc(Cl)c2F)C1. The van der Waals surface area contributed by atoms with Crippen LogP contribution in [0.5, 0.6) is 0 Å². The van der Waals surface area contributed by atoms with Crippen LogP contribution in [0.1, 0.15) is 25.3 Å². The zero-order valence-corrected chi connectivity index (χ0v) is 12.3. The largest absolute Gasteiger partial charge is 0.466 e. The summed E-state index contributed by atoms with van der Waals surface area (Å²) in [4.78, 5) is 13.9. The van der Waals surface area contributed by atoms with E-state index in [0.29, 0.717) is 25.3 Å². The molecule has 1 heterocycles. The van der Waals surface area contributed by atoms with E-state index in [1.807, 2.05) is 0 Å². The molecule has 0 amide bonds. The molecule has 1 saturated heterocycles. The fourth-order valence-electron chi connectivity index (χ4n) is 2.56. The lowest BCUT2D eigenvalue weighted by atomic mass is 9.97. The molecule has 110 valence electrons. The number of piperidine rings is 1. The molecule has 2 rings (SSSR count). The summed E-state index contributed by atoms with van der Waals surface area (Å²) < 4.78 is 18.9. The number of likely N-dealkylation sites (tertiary alicyclic amines) is 1. The second kappa shape index (κ2) is 7.04. The van der Waals surface area contributed by atoms with Gasteiger partial charge in [-0.1, -0.05) is 23.7 Å². The average molecular weight is 300 g/mol. The lowest BCUT2D eigenvalue weighted by molar-refractivity contribution is -0.150. The van der Waals surface area contributed by atoms with Crippen molar-refractivity contribution >= 4 is 17.6 Å². The molecule has 0 saturated carbocycles. The second-order valence-corrected chi connectivity index (χ2v) is 5.45. The van der Waals surface area contributed by atoms with Crippen LogP contribution in [0.15, 0.2) is 18.2 Å². The average Bonchev–Trinajstić information content (AvgIpc) is 2.44. The highest BCUT2D eigenvalue weighted by Crippen LogP contribution is 2.23. The van der Waals surface area contributed by atoms with E-state index in [-0.39, 0.29) is 22.7 Å². The standard InChI is InChI=1S/C15H19ClFNO2/c1-2-20-15(19)12-6-4-8-18(10-12)9-11-5-3-7-13(16)14(11)17/h3,5,7,12H,2,4,6,8-10H2,1H3/t12-/m1/s1. The Balaban J connectivity index is 1.99. The highest BCUT2D eigenvalue weighted by atomic mass is 35.5. The minimum atomic E-state index is -0.368. The molecule has 1 fully saturated rings. The Hall–Kier alpha value is -1.13. The van der Waals surface area contributed by atoms with Crippen molar-refractivity contribution in [3.05, 3.63) is 34.6 Å². The monoisotopic (exact) mass is 299 g/mol.